The molecule has 1 aliphatic carbocycles. The van der Waals surface area contributed by atoms with Gasteiger partial charge in [0.05, 0.1) is 0 Å². The summed E-state index contributed by atoms with van der Waals surface area (Å²) in [5.74, 6) is 0.0841. The lowest BCUT2D eigenvalue weighted by molar-refractivity contribution is -0.131. The number of rotatable bonds is 6. The Hall–Kier alpha value is -1.84. The fraction of sp³-hybridized carbons (Fsp3) is 0.529. The second-order valence-electron chi connectivity index (χ2n) is 5.66. The van der Waals surface area contributed by atoms with E-state index in [0.29, 0.717) is 25.6 Å². The van der Waals surface area contributed by atoms with Gasteiger partial charge in [-0.15, -0.1) is 0 Å². The summed E-state index contributed by atoms with van der Waals surface area (Å²) in [6.45, 7) is 2.67. The molecule has 0 heterocycles. The van der Waals surface area contributed by atoms with E-state index < -0.39 is 0 Å². The van der Waals surface area contributed by atoms with E-state index in [1.807, 2.05) is 35.2 Å². The molecule has 0 aromatic heterocycles. The highest BCUT2D eigenvalue weighted by Gasteiger charge is 2.24. The number of nitrogens with one attached hydrogen (secondary N) is 1. The van der Waals surface area contributed by atoms with E-state index in [4.69, 9.17) is 0 Å². The van der Waals surface area contributed by atoms with Gasteiger partial charge in [0.2, 0.25) is 11.8 Å². The minimum Gasteiger partial charge on any atom is -0.352 e. The monoisotopic (exact) mass is 288 g/mol. The summed E-state index contributed by atoms with van der Waals surface area (Å²) < 4.78 is 0. The highest BCUT2D eigenvalue weighted by atomic mass is 16.2. The van der Waals surface area contributed by atoms with Crippen molar-refractivity contribution in [2.75, 3.05) is 6.54 Å². The van der Waals surface area contributed by atoms with Crippen LogP contribution in [0.1, 0.15) is 44.6 Å². The van der Waals surface area contributed by atoms with Gasteiger partial charge in [-0.05, 0) is 18.4 Å². The van der Waals surface area contributed by atoms with Crippen LogP contribution >= 0.6 is 0 Å². The van der Waals surface area contributed by atoms with Crippen LogP contribution in [0.5, 0.6) is 0 Å². The number of hydrogen-bond donors (Lipinski definition) is 1. The van der Waals surface area contributed by atoms with Crippen LogP contribution in [0, 0.1) is 0 Å². The van der Waals surface area contributed by atoms with Crippen molar-refractivity contribution in [1.82, 2.24) is 10.2 Å². The fourth-order valence-electron chi connectivity index (χ4n) is 2.92. The summed E-state index contributed by atoms with van der Waals surface area (Å²) in [5, 5.41) is 2.91. The molecule has 0 unspecified atom stereocenters. The summed E-state index contributed by atoms with van der Waals surface area (Å²) in [5.41, 5.74) is 1.09. The second-order valence-corrected chi connectivity index (χ2v) is 5.66. The van der Waals surface area contributed by atoms with Crippen molar-refractivity contribution in [1.29, 1.82) is 0 Å². The van der Waals surface area contributed by atoms with Gasteiger partial charge in [0.1, 0.15) is 0 Å². The van der Waals surface area contributed by atoms with Crippen molar-refractivity contribution in [3.8, 4) is 0 Å². The molecule has 4 heteroatoms. The number of carbonyl (C=O) groups excluding carboxylic acids is 2. The molecule has 2 rings (SSSR count). The van der Waals surface area contributed by atoms with E-state index in [2.05, 4.69) is 5.32 Å². The predicted octanol–water partition coefficient (Wildman–Crippen LogP) is 2.48. The van der Waals surface area contributed by atoms with Crippen LogP contribution in [0.25, 0.3) is 0 Å². The summed E-state index contributed by atoms with van der Waals surface area (Å²) >= 11 is 0. The average molecular weight is 288 g/mol. The highest BCUT2D eigenvalue weighted by Crippen LogP contribution is 2.23. The van der Waals surface area contributed by atoms with Crippen molar-refractivity contribution in [3.05, 3.63) is 35.9 Å². The van der Waals surface area contributed by atoms with Crippen molar-refractivity contribution in [2.24, 2.45) is 0 Å². The summed E-state index contributed by atoms with van der Waals surface area (Å²) in [4.78, 5) is 25.5. The zero-order valence-electron chi connectivity index (χ0n) is 12.7. The molecule has 4 nitrogen and oxygen atoms in total. The van der Waals surface area contributed by atoms with E-state index >= 15 is 0 Å². The van der Waals surface area contributed by atoms with E-state index in [9.17, 15) is 9.59 Å². The average Bonchev–Trinajstić information content (AvgIpc) is 3.00. The Labute approximate surface area is 126 Å². The molecule has 0 saturated heterocycles. The quantitative estimate of drug-likeness (QED) is 0.874. The molecule has 1 aromatic carbocycles. The lowest BCUT2D eigenvalue weighted by atomic mass is 10.2. The molecule has 0 radical (unpaired) electrons. The Kier molecular flexibility index (Phi) is 5.78. The number of nitrogens with zero attached hydrogens (tertiary/aromatic N) is 1. The van der Waals surface area contributed by atoms with Crippen LogP contribution in [0.2, 0.25) is 0 Å². The van der Waals surface area contributed by atoms with Crippen molar-refractivity contribution < 1.29 is 9.59 Å². The molecule has 0 atom stereocenters. The van der Waals surface area contributed by atoms with Crippen LogP contribution in [0.15, 0.2) is 30.3 Å². The Morgan fingerprint density at radius 1 is 1.19 bits per heavy atom. The first-order valence-electron chi connectivity index (χ1n) is 7.74. The topological polar surface area (TPSA) is 49.4 Å². The predicted molar refractivity (Wildman–Crippen MR) is 82.5 cm³/mol. The Balaban J connectivity index is 1.75. The van der Waals surface area contributed by atoms with Gasteiger partial charge in [-0.1, -0.05) is 43.2 Å². The first-order chi connectivity index (χ1) is 10.2. The van der Waals surface area contributed by atoms with Gasteiger partial charge in [0.15, 0.2) is 0 Å². The van der Waals surface area contributed by atoms with E-state index in [1.54, 1.807) is 6.92 Å². The van der Waals surface area contributed by atoms with Crippen LogP contribution in [-0.2, 0) is 16.1 Å². The summed E-state index contributed by atoms with van der Waals surface area (Å²) in [6, 6.07) is 10.2. The van der Waals surface area contributed by atoms with Crippen LogP contribution in [-0.4, -0.2) is 29.3 Å². The highest BCUT2D eigenvalue weighted by molar-refractivity contribution is 5.78. The molecule has 0 aliphatic heterocycles. The SMILES string of the molecule is CC(=O)N(CCC(=O)NCc1ccccc1)C1CCCC1. The molecule has 1 N–H and O–H groups in total. The first kappa shape index (κ1) is 15.5. The lowest BCUT2D eigenvalue weighted by Crippen LogP contribution is -2.39. The number of benzene rings is 1. The third-order valence-corrected chi connectivity index (χ3v) is 4.08. The van der Waals surface area contributed by atoms with E-state index in [-0.39, 0.29) is 11.8 Å². The normalized spacial score (nSPS) is 14.9. The molecule has 0 bridgehead atoms. The molecule has 0 spiro atoms. The lowest BCUT2D eigenvalue weighted by Gasteiger charge is -2.27. The van der Waals surface area contributed by atoms with Crippen molar-refractivity contribution in [2.45, 2.75) is 51.6 Å². The number of amides is 2. The van der Waals surface area contributed by atoms with Gasteiger partial charge in [0, 0.05) is 32.5 Å². The van der Waals surface area contributed by atoms with Gasteiger partial charge in [0.25, 0.3) is 0 Å². The third kappa shape index (κ3) is 4.88. The van der Waals surface area contributed by atoms with Gasteiger partial charge in [-0.25, -0.2) is 0 Å². The Morgan fingerprint density at radius 2 is 1.86 bits per heavy atom. The van der Waals surface area contributed by atoms with E-state index in [1.165, 1.54) is 12.8 Å². The third-order valence-electron chi connectivity index (χ3n) is 4.08. The van der Waals surface area contributed by atoms with Gasteiger partial charge in [-0.2, -0.15) is 0 Å². The van der Waals surface area contributed by atoms with Crippen molar-refractivity contribution >= 4 is 11.8 Å². The standard InChI is InChI=1S/C17H24N2O2/c1-14(20)19(16-9-5-6-10-16)12-11-17(21)18-13-15-7-3-2-4-8-15/h2-4,7-8,16H,5-6,9-13H2,1H3,(H,18,21). The number of carbonyl (C=O) groups is 2. The summed E-state index contributed by atoms with van der Waals surface area (Å²) in [7, 11) is 0. The van der Waals surface area contributed by atoms with Crippen LogP contribution in [0.3, 0.4) is 0 Å². The maximum atomic E-state index is 11.9. The molecule has 21 heavy (non-hydrogen) atoms. The molecule has 1 saturated carbocycles. The molecule has 114 valence electrons. The Morgan fingerprint density at radius 3 is 2.48 bits per heavy atom. The maximum Gasteiger partial charge on any atom is 0.222 e. The van der Waals surface area contributed by atoms with Crippen LogP contribution in [0.4, 0.5) is 0 Å². The molecule has 1 fully saturated rings. The smallest absolute Gasteiger partial charge is 0.222 e. The first-order valence-corrected chi connectivity index (χ1v) is 7.74. The minimum absolute atomic E-state index is 0.00287. The molecular formula is C17H24N2O2. The molecule has 1 aliphatic rings. The zero-order chi connectivity index (χ0) is 15.1. The molecular weight excluding hydrogens is 264 g/mol. The van der Waals surface area contributed by atoms with Gasteiger partial charge < -0.3 is 10.2 Å². The zero-order valence-corrected chi connectivity index (χ0v) is 12.7. The Bertz CT molecular complexity index is 467. The van der Waals surface area contributed by atoms with Gasteiger partial charge >= 0.3 is 0 Å². The van der Waals surface area contributed by atoms with Crippen molar-refractivity contribution in [3.63, 3.8) is 0 Å². The summed E-state index contributed by atoms with van der Waals surface area (Å²) in [6.07, 6.45) is 4.91. The van der Waals surface area contributed by atoms with E-state index in [0.717, 1.165) is 18.4 Å². The number of hydrogen-bond acceptors (Lipinski definition) is 2. The minimum atomic E-state index is 0.00287. The molecule has 1 aromatic rings. The van der Waals surface area contributed by atoms with Gasteiger partial charge in [-0.3, -0.25) is 9.59 Å². The maximum absolute atomic E-state index is 11.9. The second kappa shape index (κ2) is 7.81. The largest absolute Gasteiger partial charge is 0.352 e. The fourth-order valence-corrected chi connectivity index (χ4v) is 2.92. The van der Waals surface area contributed by atoms with Crippen LogP contribution < -0.4 is 5.32 Å². The molecule has 2 amide bonds.